The lowest BCUT2D eigenvalue weighted by atomic mass is 10.1. The van der Waals surface area contributed by atoms with Crippen LogP contribution in [0.25, 0.3) is 0 Å². The molecule has 0 radical (unpaired) electrons. The zero-order valence-electron chi connectivity index (χ0n) is 9.43. The third-order valence-corrected chi connectivity index (χ3v) is 2.09. The van der Waals surface area contributed by atoms with E-state index < -0.39 is 11.9 Å². The largest absolute Gasteiger partial charge is 0.490 e. The first-order chi connectivity index (χ1) is 8.06. The first-order valence-corrected chi connectivity index (χ1v) is 4.94. The van der Waals surface area contributed by atoms with Crippen LogP contribution < -0.4 is 16.2 Å². The number of rotatable bonds is 5. The van der Waals surface area contributed by atoms with E-state index in [0.29, 0.717) is 5.69 Å². The van der Waals surface area contributed by atoms with Gasteiger partial charge in [0.2, 0.25) is 0 Å². The molecule has 0 saturated heterocycles. The topological polar surface area (TPSA) is 105 Å². The molecule has 0 spiro atoms. The number of nitrogens with two attached hydrogens (primary N) is 2. The molecule has 1 amide bonds. The van der Waals surface area contributed by atoms with Crippen LogP contribution in [0.4, 0.5) is 5.69 Å². The van der Waals surface area contributed by atoms with Gasteiger partial charge in [-0.15, -0.1) is 0 Å². The Labute approximate surface area is 98.5 Å². The van der Waals surface area contributed by atoms with Crippen molar-refractivity contribution in [2.24, 2.45) is 5.73 Å². The average molecular weight is 238 g/mol. The van der Waals surface area contributed by atoms with Crippen LogP contribution in [-0.4, -0.2) is 25.6 Å². The van der Waals surface area contributed by atoms with Crippen molar-refractivity contribution in [3.8, 4) is 5.75 Å². The van der Waals surface area contributed by atoms with Crippen LogP contribution in [0.3, 0.4) is 0 Å². The second-order valence-electron chi connectivity index (χ2n) is 3.26. The average Bonchev–Trinajstić information content (AvgIpc) is 2.30. The second kappa shape index (κ2) is 5.74. The Hall–Kier alpha value is -2.24. The van der Waals surface area contributed by atoms with Gasteiger partial charge in [0.25, 0.3) is 5.91 Å². The van der Waals surface area contributed by atoms with Crippen molar-refractivity contribution in [2.45, 2.75) is 6.42 Å². The number of para-hydroxylation sites is 1. The molecule has 1 rings (SSSR count). The van der Waals surface area contributed by atoms with Gasteiger partial charge in [-0.05, 0) is 12.1 Å². The van der Waals surface area contributed by atoms with Crippen LogP contribution in [0.2, 0.25) is 0 Å². The SMILES string of the molecule is COC(=O)CCOc1c(N)cccc1C(N)=O. The Balaban J connectivity index is 2.76. The van der Waals surface area contributed by atoms with Crippen LogP contribution >= 0.6 is 0 Å². The molecule has 0 saturated carbocycles. The number of amides is 1. The molecule has 0 aliphatic carbocycles. The van der Waals surface area contributed by atoms with E-state index in [-0.39, 0.29) is 24.3 Å². The lowest BCUT2D eigenvalue weighted by molar-refractivity contribution is -0.141. The predicted octanol–water partition coefficient (Wildman–Crippen LogP) is 0.310. The fourth-order valence-corrected chi connectivity index (χ4v) is 1.25. The smallest absolute Gasteiger partial charge is 0.308 e. The van der Waals surface area contributed by atoms with Crippen LogP contribution in [0.1, 0.15) is 16.8 Å². The molecule has 0 bridgehead atoms. The summed E-state index contributed by atoms with van der Waals surface area (Å²) in [5, 5.41) is 0. The van der Waals surface area contributed by atoms with E-state index in [9.17, 15) is 9.59 Å². The van der Waals surface area contributed by atoms with E-state index >= 15 is 0 Å². The Morgan fingerprint density at radius 3 is 2.65 bits per heavy atom. The zero-order valence-corrected chi connectivity index (χ0v) is 9.43. The number of hydrogen-bond donors (Lipinski definition) is 2. The number of carbonyl (C=O) groups excluding carboxylic acids is 2. The molecule has 17 heavy (non-hydrogen) atoms. The number of primary amides is 1. The van der Waals surface area contributed by atoms with E-state index in [1.807, 2.05) is 0 Å². The minimum atomic E-state index is -0.634. The Morgan fingerprint density at radius 2 is 2.06 bits per heavy atom. The number of ether oxygens (including phenoxy) is 2. The molecule has 1 aromatic carbocycles. The molecule has 0 fully saturated rings. The van der Waals surface area contributed by atoms with Gasteiger partial charge in [-0.25, -0.2) is 0 Å². The van der Waals surface area contributed by atoms with Crippen molar-refractivity contribution in [1.29, 1.82) is 0 Å². The lowest BCUT2D eigenvalue weighted by Crippen LogP contribution is -2.15. The molecule has 0 aromatic heterocycles. The molecule has 92 valence electrons. The van der Waals surface area contributed by atoms with E-state index in [4.69, 9.17) is 16.2 Å². The molecule has 0 heterocycles. The van der Waals surface area contributed by atoms with E-state index in [1.165, 1.54) is 13.2 Å². The van der Waals surface area contributed by atoms with Crippen LogP contribution in [0.15, 0.2) is 18.2 Å². The van der Waals surface area contributed by atoms with Gasteiger partial charge in [0.05, 0.1) is 31.4 Å². The molecule has 4 N–H and O–H groups in total. The second-order valence-corrected chi connectivity index (χ2v) is 3.26. The summed E-state index contributed by atoms with van der Waals surface area (Å²) >= 11 is 0. The minimum Gasteiger partial charge on any atom is -0.490 e. The summed E-state index contributed by atoms with van der Waals surface area (Å²) in [6.45, 7) is 0.0706. The number of methoxy groups -OCH3 is 1. The van der Waals surface area contributed by atoms with Crippen molar-refractivity contribution in [3.05, 3.63) is 23.8 Å². The van der Waals surface area contributed by atoms with Crippen molar-refractivity contribution in [3.63, 3.8) is 0 Å². The lowest BCUT2D eigenvalue weighted by Gasteiger charge is -2.11. The summed E-state index contributed by atoms with van der Waals surface area (Å²) in [6.07, 6.45) is 0.0725. The van der Waals surface area contributed by atoms with Crippen LogP contribution in [0, 0.1) is 0 Å². The highest BCUT2D eigenvalue weighted by Crippen LogP contribution is 2.26. The number of hydrogen-bond acceptors (Lipinski definition) is 5. The number of nitrogen functional groups attached to an aromatic ring is 1. The first-order valence-electron chi connectivity index (χ1n) is 4.94. The molecule has 1 aromatic rings. The Kier molecular flexibility index (Phi) is 4.33. The summed E-state index contributed by atoms with van der Waals surface area (Å²) in [5.74, 6) is -0.839. The van der Waals surface area contributed by atoms with Crippen LogP contribution in [0.5, 0.6) is 5.75 Å². The Bertz CT molecular complexity index is 431. The van der Waals surface area contributed by atoms with Crippen molar-refractivity contribution >= 4 is 17.6 Å². The summed E-state index contributed by atoms with van der Waals surface area (Å²) in [5.41, 5.74) is 11.3. The van der Waals surface area contributed by atoms with Gasteiger partial charge < -0.3 is 20.9 Å². The molecular formula is C11H14N2O4. The third kappa shape index (κ3) is 3.37. The zero-order chi connectivity index (χ0) is 12.8. The molecule has 0 atom stereocenters. The summed E-state index contributed by atoms with van der Waals surface area (Å²) in [4.78, 5) is 22.0. The van der Waals surface area contributed by atoms with Gasteiger partial charge in [-0.3, -0.25) is 9.59 Å². The third-order valence-electron chi connectivity index (χ3n) is 2.09. The highest BCUT2D eigenvalue weighted by Gasteiger charge is 2.12. The molecule has 6 nitrogen and oxygen atoms in total. The Morgan fingerprint density at radius 1 is 1.35 bits per heavy atom. The number of benzene rings is 1. The fourth-order valence-electron chi connectivity index (χ4n) is 1.25. The standard InChI is InChI=1S/C11H14N2O4/c1-16-9(14)5-6-17-10-7(11(13)15)3-2-4-8(10)12/h2-4H,5-6,12H2,1H3,(H2,13,15). The maximum Gasteiger partial charge on any atom is 0.308 e. The first kappa shape index (κ1) is 12.8. The number of esters is 1. The number of anilines is 1. The quantitative estimate of drug-likeness (QED) is 0.567. The van der Waals surface area contributed by atoms with E-state index in [1.54, 1.807) is 12.1 Å². The maximum absolute atomic E-state index is 11.1. The highest BCUT2D eigenvalue weighted by molar-refractivity contribution is 5.97. The minimum absolute atomic E-state index is 0.0706. The predicted molar refractivity (Wildman–Crippen MR) is 61.5 cm³/mol. The molecule has 0 unspecified atom stereocenters. The fraction of sp³-hybridized carbons (Fsp3) is 0.273. The van der Waals surface area contributed by atoms with Gasteiger partial charge in [-0.1, -0.05) is 6.07 Å². The summed E-state index contributed by atoms with van der Waals surface area (Å²) in [6, 6.07) is 4.69. The van der Waals surface area contributed by atoms with E-state index in [0.717, 1.165) is 0 Å². The normalized spacial score (nSPS) is 9.71. The van der Waals surface area contributed by atoms with Gasteiger partial charge in [0.1, 0.15) is 0 Å². The molecule has 0 aliphatic rings. The number of carbonyl (C=O) groups is 2. The molecular weight excluding hydrogens is 224 g/mol. The van der Waals surface area contributed by atoms with Gasteiger partial charge in [-0.2, -0.15) is 0 Å². The molecule has 0 aliphatic heterocycles. The van der Waals surface area contributed by atoms with Crippen molar-refractivity contribution in [1.82, 2.24) is 0 Å². The highest BCUT2D eigenvalue weighted by atomic mass is 16.5. The van der Waals surface area contributed by atoms with Crippen molar-refractivity contribution in [2.75, 3.05) is 19.5 Å². The summed E-state index contributed by atoms with van der Waals surface area (Å²) in [7, 11) is 1.29. The van der Waals surface area contributed by atoms with Crippen LogP contribution in [-0.2, 0) is 9.53 Å². The summed E-state index contributed by atoms with van der Waals surface area (Å²) < 4.78 is 9.73. The maximum atomic E-state index is 11.1. The van der Waals surface area contributed by atoms with Crippen molar-refractivity contribution < 1.29 is 19.1 Å². The van der Waals surface area contributed by atoms with E-state index in [2.05, 4.69) is 4.74 Å². The molecule has 6 heteroatoms. The monoisotopic (exact) mass is 238 g/mol. The van der Waals surface area contributed by atoms with Gasteiger partial charge in [0.15, 0.2) is 5.75 Å². The van der Waals surface area contributed by atoms with Gasteiger partial charge in [0, 0.05) is 0 Å². The van der Waals surface area contributed by atoms with Gasteiger partial charge >= 0.3 is 5.97 Å².